The molecule has 1 aromatic rings. The predicted molar refractivity (Wildman–Crippen MR) is 61.3 cm³/mol. The van der Waals surface area contributed by atoms with Gasteiger partial charge in [0.1, 0.15) is 5.75 Å². The topological polar surface area (TPSA) is 30.5 Å². The monoisotopic (exact) mass is 209 g/mol. The molecule has 1 rings (SSSR count). The molecular weight excluding hydrogens is 190 g/mol. The minimum absolute atomic E-state index is 0.745. The summed E-state index contributed by atoms with van der Waals surface area (Å²) in [4.78, 5) is 0. The zero-order valence-corrected chi connectivity index (χ0v) is 9.67. The fraction of sp³-hybridized carbons (Fsp3) is 0.500. The van der Waals surface area contributed by atoms with Gasteiger partial charge >= 0.3 is 0 Å². The smallest absolute Gasteiger partial charge is 0.119 e. The van der Waals surface area contributed by atoms with Crippen LogP contribution in [0.2, 0.25) is 0 Å². The van der Waals surface area contributed by atoms with Crippen molar-refractivity contribution in [3.8, 4) is 5.75 Å². The minimum Gasteiger partial charge on any atom is -0.497 e. The third-order valence-electron chi connectivity index (χ3n) is 2.35. The van der Waals surface area contributed by atoms with Crippen LogP contribution in [0.15, 0.2) is 18.2 Å². The van der Waals surface area contributed by atoms with Crippen molar-refractivity contribution in [3.63, 3.8) is 0 Å². The van der Waals surface area contributed by atoms with Crippen LogP contribution in [0.4, 0.5) is 0 Å². The Morgan fingerprint density at radius 2 is 2.07 bits per heavy atom. The summed E-state index contributed by atoms with van der Waals surface area (Å²) in [7, 11) is 3.39. The Morgan fingerprint density at radius 3 is 2.67 bits per heavy atom. The molecule has 0 aliphatic rings. The predicted octanol–water partition coefficient (Wildman–Crippen LogP) is 1.74. The van der Waals surface area contributed by atoms with E-state index in [2.05, 4.69) is 18.3 Å². The Kier molecular flexibility index (Phi) is 5.15. The van der Waals surface area contributed by atoms with Gasteiger partial charge in [-0.3, -0.25) is 0 Å². The van der Waals surface area contributed by atoms with Gasteiger partial charge in [0.05, 0.1) is 13.7 Å². The summed E-state index contributed by atoms with van der Waals surface area (Å²) in [6.07, 6.45) is 0. The Morgan fingerprint density at radius 1 is 1.27 bits per heavy atom. The maximum absolute atomic E-state index is 5.15. The molecule has 0 fully saturated rings. The number of hydrogen-bond donors (Lipinski definition) is 1. The van der Waals surface area contributed by atoms with Gasteiger partial charge in [0, 0.05) is 20.2 Å². The van der Waals surface area contributed by atoms with Gasteiger partial charge in [-0.1, -0.05) is 6.07 Å². The number of rotatable bonds is 6. The molecule has 0 aromatic heterocycles. The first kappa shape index (κ1) is 12.0. The molecule has 0 saturated heterocycles. The largest absolute Gasteiger partial charge is 0.497 e. The molecule has 1 aromatic carbocycles. The van der Waals surface area contributed by atoms with Crippen LogP contribution in [0.3, 0.4) is 0 Å². The van der Waals surface area contributed by atoms with Gasteiger partial charge in [0.25, 0.3) is 0 Å². The van der Waals surface area contributed by atoms with E-state index in [4.69, 9.17) is 9.47 Å². The number of methoxy groups -OCH3 is 2. The van der Waals surface area contributed by atoms with E-state index in [1.165, 1.54) is 11.1 Å². The Labute approximate surface area is 91.4 Å². The first-order valence-electron chi connectivity index (χ1n) is 5.11. The van der Waals surface area contributed by atoms with E-state index in [1.807, 2.05) is 12.1 Å². The summed E-state index contributed by atoms with van der Waals surface area (Å²) < 4.78 is 10.1. The normalized spacial score (nSPS) is 10.3. The fourth-order valence-electron chi connectivity index (χ4n) is 1.39. The van der Waals surface area contributed by atoms with E-state index < -0.39 is 0 Å². The molecule has 0 amide bonds. The van der Waals surface area contributed by atoms with E-state index in [9.17, 15) is 0 Å². The molecule has 15 heavy (non-hydrogen) atoms. The number of nitrogens with one attached hydrogen (secondary N) is 1. The Bertz CT molecular complexity index is 300. The molecule has 0 heterocycles. The molecule has 3 heteroatoms. The van der Waals surface area contributed by atoms with Gasteiger partial charge in [-0.2, -0.15) is 0 Å². The highest BCUT2D eigenvalue weighted by Crippen LogP contribution is 2.16. The lowest BCUT2D eigenvalue weighted by atomic mass is 10.1. The second kappa shape index (κ2) is 6.43. The fourth-order valence-corrected chi connectivity index (χ4v) is 1.39. The lowest BCUT2D eigenvalue weighted by molar-refractivity contribution is 0.199. The SMILES string of the molecule is COCCNCc1ccc(OC)cc1C. The third kappa shape index (κ3) is 3.90. The van der Waals surface area contributed by atoms with Crippen LogP contribution in [-0.2, 0) is 11.3 Å². The van der Waals surface area contributed by atoms with Gasteiger partial charge in [-0.25, -0.2) is 0 Å². The zero-order chi connectivity index (χ0) is 11.1. The van der Waals surface area contributed by atoms with E-state index in [-0.39, 0.29) is 0 Å². The van der Waals surface area contributed by atoms with Crippen LogP contribution < -0.4 is 10.1 Å². The van der Waals surface area contributed by atoms with Crippen LogP contribution >= 0.6 is 0 Å². The second-order valence-corrected chi connectivity index (χ2v) is 3.46. The summed E-state index contributed by atoms with van der Waals surface area (Å²) in [5.41, 5.74) is 2.55. The van der Waals surface area contributed by atoms with Gasteiger partial charge in [0.2, 0.25) is 0 Å². The molecule has 0 radical (unpaired) electrons. The number of benzene rings is 1. The number of aryl methyl sites for hydroxylation is 1. The maximum Gasteiger partial charge on any atom is 0.119 e. The third-order valence-corrected chi connectivity index (χ3v) is 2.35. The van der Waals surface area contributed by atoms with Gasteiger partial charge in [0.15, 0.2) is 0 Å². The molecule has 0 saturated carbocycles. The second-order valence-electron chi connectivity index (χ2n) is 3.46. The van der Waals surface area contributed by atoms with Crippen molar-refractivity contribution >= 4 is 0 Å². The van der Waals surface area contributed by atoms with Crippen molar-refractivity contribution in [3.05, 3.63) is 29.3 Å². The molecule has 1 N–H and O–H groups in total. The highest BCUT2D eigenvalue weighted by Gasteiger charge is 1.99. The standard InChI is InChI=1S/C12H19NO2/c1-10-8-12(15-3)5-4-11(10)9-13-6-7-14-2/h4-5,8,13H,6-7,9H2,1-3H3. The van der Waals surface area contributed by atoms with Gasteiger partial charge in [-0.05, 0) is 30.2 Å². The van der Waals surface area contributed by atoms with E-state index >= 15 is 0 Å². The van der Waals surface area contributed by atoms with E-state index in [0.717, 1.165) is 25.4 Å². The van der Waals surface area contributed by atoms with Crippen molar-refractivity contribution in [2.75, 3.05) is 27.4 Å². The summed E-state index contributed by atoms with van der Waals surface area (Å²) in [6.45, 7) is 4.59. The molecule has 0 aliphatic carbocycles. The average Bonchev–Trinajstić information content (AvgIpc) is 2.26. The zero-order valence-electron chi connectivity index (χ0n) is 9.67. The lowest BCUT2D eigenvalue weighted by Gasteiger charge is -2.09. The molecule has 0 spiro atoms. The Balaban J connectivity index is 2.47. The van der Waals surface area contributed by atoms with Crippen molar-refractivity contribution < 1.29 is 9.47 Å². The van der Waals surface area contributed by atoms with Gasteiger partial charge in [-0.15, -0.1) is 0 Å². The molecule has 0 aliphatic heterocycles. The molecule has 0 unspecified atom stereocenters. The van der Waals surface area contributed by atoms with Gasteiger partial charge < -0.3 is 14.8 Å². The van der Waals surface area contributed by atoms with Crippen molar-refractivity contribution in [2.24, 2.45) is 0 Å². The molecule has 84 valence electrons. The highest BCUT2D eigenvalue weighted by molar-refractivity contribution is 5.34. The maximum atomic E-state index is 5.15. The van der Waals surface area contributed by atoms with Crippen LogP contribution in [0.5, 0.6) is 5.75 Å². The van der Waals surface area contributed by atoms with E-state index in [0.29, 0.717) is 0 Å². The number of hydrogen-bond acceptors (Lipinski definition) is 3. The summed E-state index contributed by atoms with van der Waals surface area (Å²) >= 11 is 0. The molecule has 0 bridgehead atoms. The molecular formula is C12H19NO2. The summed E-state index contributed by atoms with van der Waals surface area (Å²) in [6, 6.07) is 6.13. The lowest BCUT2D eigenvalue weighted by Crippen LogP contribution is -2.19. The van der Waals surface area contributed by atoms with E-state index in [1.54, 1.807) is 14.2 Å². The quantitative estimate of drug-likeness (QED) is 0.724. The average molecular weight is 209 g/mol. The molecule has 3 nitrogen and oxygen atoms in total. The molecule has 0 atom stereocenters. The van der Waals surface area contributed by atoms with Crippen molar-refractivity contribution in [2.45, 2.75) is 13.5 Å². The highest BCUT2D eigenvalue weighted by atomic mass is 16.5. The first-order valence-corrected chi connectivity index (χ1v) is 5.11. The van der Waals surface area contributed by atoms with Crippen LogP contribution in [0.25, 0.3) is 0 Å². The Hall–Kier alpha value is -1.06. The van der Waals surface area contributed by atoms with Crippen LogP contribution in [0, 0.1) is 6.92 Å². The summed E-state index contributed by atoms with van der Waals surface area (Å²) in [5.74, 6) is 0.910. The first-order chi connectivity index (χ1) is 7.27. The van der Waals surface area contributed by atoms with Crippen LogP contribution in [0.1, 0.15) is 11.1 Å². The minimum atomic E-state index is 0.745. The number of ether oxygens (including phenoxy) is 2. The van der Waals surface area contributed by atoms with Crippen LogP contribution in [-0.4, -0.2) is 27.4 Å². The van der Waals surface area contributed by atoms with Crippen molar-refractivity contribution in [1.82, 2.24) is 5.32 Å². The van der Waals surface area contributed by atoms with Crippen molar-refractivity contribution in [1.29, 1.82) is 0 Å². The summed E-state index contributed by atoms with van der Waals surface area (Å²) in [5, 5.41) is 3.32.